The number of halogens is 2. The number of aryl methyl sites for hydroxylation is 1. The summed E-state index contributed by atoms with van der Waals surface area (Å²) in [6.45, 7) is 1.42. The molecule has 3 aromatic rings. The molecule has 0 aliphatic rings. The van der Waals surface area contributed by atoms with Gasteiger partial charge in [0.1, 0.15) is 11.6 Å². The zero-order valence-corrected chi connectivity index (χ0v) is 15.1. The number of hydrogen-bond acceptors (Lipinski definition) is 4. The van der Waals surface area contributed by atoms with Gasteiger partial charge in [0, 0.05) is 11.3 Å². The van der Waals surface area contributed by atoms with Crippen LogP contribution in [0.5, 0.6) is 5.75 Å². The van der Waals surface area contributed by atoms with E-state index in [4.69, 9.17) is 11.6 Å². The number of rotatable bonds is 4. The summed E-state index contributed by atoms with van der Waals surface area (Å²) < 4.78 is 14.6. The highest BCUT2D eigenvalue weighted by Gasteiger charge is 2.18. The summed E-state index contributed by atoms with van der Waals surface area (Å²) in [5, 5.41) is 22.4. The van der Waals surface area contributed by atoms with Crippen LogP contribution < -0.4 is 5.32 Å². The van der Waals surface area contributed by atoms with E-state index in [-0.39, 0.29) is 33.3 Å². The Labute approximate surface area is 160 Å². The van der Waals surface area contributed by atoms with Crippen molar-refractivity contribution in [3.8, 4) is 17.0 Å². The predicted molar refractivity (Wildman–Crippen MR) is 101 cm³/mol. The van der Waals surface area contributed by atoms with E-state index >= 15 is 0 Å². The van der Waals surface area contributed by atoms with E-state index in [1.807, 2.05) is 19.1 Å². The van der Waals surface area contributed by atoms with Crippen molar-refractivity contribution in [2.24, 2.45) is 0 Å². The molecule has 2 aromatic carbocycles. The van der Waals surface area contributed by atoms with E-state index in [1.54, 1.807) is 12.1 Å². The number of amides is 1. The van der Waals surface area contributed by atoms with Gasteiger partial charge in [-0.3, -0.25) is 4.79 Å². The van der Waals surface area contributed by atoms with Gasteiger partial charge in [-0.1, -0.05) is 29.8 Å². The fraction of sp³-hybridized carbons (Fsp3) is 0.100. The van der Waals surface area contributed by atoms with Gasteiger partial charge in [0.15, 0.2) is 0 Å². The van der Waals surface area contributed by atoms with Gasteiger partial charge < -0.3 is 15.5 Å². The second kappa shape index (κ2) is 7.73. The van der Waals surface area contributed by atoms with E-state index in [0.29, 0.717) is 5.69 Å². The minimum absolute atomic E-state index is 0.00805. The molecule has 0 radical (unpaired) electrons. The number of nitrogens with one attached hydrogen (secondary N) is 1. The van der Waals surface area contributed by atoms with Crippen molar-refractivity contribution in [1.82, 2.24) is 4.98 Å². The van der Waals surface area contributed by atoms with Crippen molar-refractivity contribution in [1.29, 1.82) is 0 Å². The molecule has 0 spiro atoms. The van der Waals surface area contributed by atoms with Crippen LogP contribution in [0.25, 0.3) is 11.3 Å². The van der Waals surface area contributed by atoms with Gasteiger partial charge in [0.05, 0.1) is 28.6 Å². The van der Waals surface area contributed by atoms with Crippen molar-refractivity contribution >= 4 is 23.2 Å². The van der Waals surface area contributed by atoms with E-state index in [2.05, 4.69) is 10.3 Å². The topological polar surface area (TPSA) is 82.5 Å². The van der Waals surface area contributed by atoms with Crippen molar-refractivity contribution < 1.29 is 19.4 Å². The molecule has 1 amide bonds. The Morgan fingerprint density at radius 1 is 1.22 bits per heavy atom. The van der Waals surface area contributed by atoms with Gasteiger partial charge in [-0.25, -0.2) is 9.37 Å². The number of aliphatic hydroxyl groups is 1. The molecule has 5 nitrogen and oxygen atoms in total. The number of phenols is 1. The lowest BCUT2D eigenvalue weighted by Gasteiger charge is -2.12. The molecule has 0 unspecified atom stereocenters. The van der Waals surface area contributed by atoms with Gasteiger partial charge >= 0.3 is 0 Å². The summed E-state index contributed by atoms with van der Waals surface area (Å²) >= 11 is 5.89. The Bertz CT molecular complexity index is 1020. The maximum atomic E-state index is 14.6. The third kappa shape index (κ3) is 3.92. The summed E-state index contributed by atoms with van der Waals surface area (Å²) in [6, 6.07) is 12.1. The molecule has 0 fully saturated rings. The molecule has 0 saturated carbocycles. The number of para-hydroxylation sites is 1. The number of carbonyl (C=O) groups is 1. The number of aromatic hydroxyl groups is 1. The maximum absolute atomic E-state index is 14.6. The first-order chi connectivity index (χ1) is 12.9. The van der Waals surface area contributed by atoms with E-state index in [0.717, 1.165) is 17.7 Å². The van der Waals surface area contributed by atoms with Crippen LogP contribution in [0, 0.1) is 12.7 Å². The lowest BCUT2D eigenvalue weighted by molar-refractivity contribution is 0.102. The summed E-state index contributed by atoms with van der Waals surface area (Å²) in [7, 11) is 0. The minimum Gasteiger partial charge on any atom is -0.507 e. The van der Waals surface area contributed by atoms with Crippen LogP contribution in [0.1, 0.15) is 21.6 Å². The highest BCUT2D eigenvalue weighted by Crippen LogP contribution is 2.30. The monoisotopic (exact) mass is 386 g/mol. The Kier molecular flexibility index (Phi) is 5.39. The summed E-state index contributed by atoms with van der Waals surface area (Å²) in [4.78, 5) is 16.5. The standard InChI is InChI=1S/C20H16ClFN2O3/c1-11-4-2-3-5-16(11)24-20(27)13-8-15(22)12(9-19(13)26)17-7-6-14(21)18(10-25)23-17/h2-9,25-26H,10H2,1H3,(H,24,27). The molecule has 0 aliphatic carbocycles. The molecule has 7 heteroatoms. The third-order valence-corrected chi connectivity index (χ3v) is 4.41. The van der Waals surface area contributed by atoms with Gasteiger partial charge in [-0.2, -0.15) is 0 Å². The number of carbonyl (C=O) groups excluding carboxylic acids is 1. The van der Waals surface area contributed by atoms with Gasteiger partial charge in [0.2, 0.25) is 0 Å². The summed E-state index contributed by atoms with van der Waals surface area (Å²) in [5.74, 6) is -1.76. The minimum atomic E-state index is -0.735. The number of phenolic OH excluding ortho intramolecular Hbond substituents is 1. The van der Waals surface area contributed by atoms with Crippen molar-refractivity contribution in [2.75, 3.05) is 5.32 Å². The second-order valence-electron chi connectivity index (χ2n) is 5.90. The first-order valence-corrected chi connectivity index (χ1v) is 8.44. The molecular formula is C20H16ClFN2O3. The van der Waals surface area contributed by atoms with Crippen molar-refractivity contribution in [3.63, 3.8) is 0 Å². The largest absolute Gasteiger partial charge is 0.507 e. The van der Waals surface area contributed by atoms with Crippen LogP contribution in [0.4, 0.5) is 10.1 Å². The van der Waals surface area contributed by atoms with Gasteiger partial charge in [-0.05, 0) is 42.8 Å². The second-order valence-corrected chi connectivity index (χ2v) is 6.31. The molecule has 3 N–H and O–H groups in total. The lowest BCUT2D eigenvalue weighted by Crippen LogP contribution is -2.13. The summed E-state index contributed by atoms with van der Waals surface area (Å²) in [5.41, 5.74) is 1.57. The SMILES string of the molecule is Cc1ccccc1NC(=O)c1cc(F)c(-c2ccc(Cl)c(CO)n2)cc1O. The molecule has 0 bridgehead atoms. The number of anilines is 1. The van der Waals surface area contributed by atoms with Crippen LogP contribution in [-0.4, -0.2) is 21.1 Å². The molecule has 3 rings (SSSR count). The zero-order valence-electron chi connectivity index (χ0n) is 14.3. The van der Waals surface area contributed by atoms with Crippen LogP contribution in [0.2, 0.25) is 5.02 Å². The summed E-state index contributed by atoms with van der Waals surface area (Å²) in [6.07, 6.45) is 0. The van der Waals surface area contributed by atoms with E-state index in [1.165, 1.54) is 12.1 Å². The van der Waals surface area contributed by atoms with Crippen molar-refractivity contribution in [2.45, 2.75) is 13.5 Å². The third-order valence-electron chi connectivity index (χ3n) is 4.07. The lowest BCUT2D eigenvalue weighted by atomic mass is 10.0. The number of benzene rings is 2. The number of aromatic nitrogens is 1. The average Bonchev–Trinajstić information content (AvgIpc) is 2.65. The molecule has 1 heterocycles. The number of aliphatic hydroxyl groups excluding tert-OH is 1. The maximum Gasteiger partial charge on any atom is 0.259 e. The first kappa shape index (κ1) is 18.8. The zero-order chi connectivity index (χ0) is 19.6. The average molecular weight is 387 g/mol. The smallest absolute Gasteiger partial charge is 0.259 e. The van der Waals surface area contributed by atoms with E-state index in [9.17, 15) is 19.4 Å². The quantitative estimate of drug-likeness (QED) is 0.624. The van der Waals surface area contributed by atoms with Crippen LogP contribution in [-0.2, 0) is 6.61 Å². The molecular weight excluding hydrogens is 371 g/mol. The van der Waals surface area contributed by atoms with Crippen LogP contribution >= 0.6 is 11.6 Å². The highest BCUT2D eigenvalue weighted by atomic mass is 35.5. The fourth-order valence-corrected chi connectivity index (χ4v) is 2.75. The molecule has 0 atom stereocenters. The Hall–Kier alpha value is -2.96. The molecule has 0 aliphatic heterocycles. The number of nitrogens with zero attached hydrogens (tertiary/aromatic N) is 1. The fourth-order valence-electron chi connectivity index (χ4n) is 2.59. The van der Waals surface area contributed by atoms with Crippen LogP contribution in [0.3, 0.4) is 0 Å². The van der Waals surface area contributed by atoms with Gasteiger partial charge in [0.25, 0.3) is 5.91 Å². The first-order valence-electron chi connectivity index (χ1n) is 8.07. The van der Waals surface area contributed by atoms with Crippen molar-refractivity contribution in [3.05, 3.63) is 76.2 Å². The van der Waals surface area contributed by atoms with Crippen LogP contribution in [0.15, 0.2) is 48.5 Å². The normalized spacial score (nSPS) is 10.7. The highest BCUT2D eigenvalue weighted by molar-refractivity contribution is 6.31. The number of pyridine rings is 1. The Balaban J connectivity index is 1.95. The molecule has 27 heavy (non-hydrogen) atoms. The van der Waals surface area contributed by atoms with E-state index < -0.39 is 18.3 Å². The molecule has 0 saturated heterocycles. The molecule has 138 valence electrons. The Morgan fingerprint density at radius 2 is 1.96 bits per heavy atom. The number of hydrogen-bond donors (Lipinski definition) is 3. The van der Waals surface area contributed by atoms with Gasteiger partial charge in [-0.15, -0.1) is 0 Å². The molecule has 1 aromatic heterocycles. The predicted octanol–water partition coefficient (Wildman–Crippen LogP) is 4.30. The Morgan fingerprint density at radius 3 is 2.67 bits per heavy atom.